The van der Waals surface area contributed by atoms with E-state index in [0.717, 1.165) is 52.9 Å². The number of carbonyl (C=O) groups excluding carboxylic acids is 1. The van der Waals surface area contributed by atoms with Crippen molar-refractivity contribution in [1.82, 2.24) is 4.90 Å². The number of likely N-dealkylation sites (tertiary alicyclic amines) is 1. The standard InChI is InChI=1S/C33H38ClN3O4S2/c1-21(2)41-29-13-22(20-37-10-6-7-11-37)12-24(18-29)33(3,4)25-16-26(34)19-28(17-25)35-32(38)31-15-23-14-27(36-43(5,39)40)8-9-30(23)42-31/h8-9,12-19,21,36H,6-7,10-11,20H2,1-5H3,(H,35,38). The zero-order valence-corrected chi connectivity index (χ0v) is 27.5. The molecule has 0 radical (unpaired) electrons. The van der Waals surface area contributed by atoms with Crippen molar-refractivity contribution in [1.29, 1.82) is 0 Å². The number of carbonyl (C=O) groups is 1. The first kappa shape index (κ1) is 31.3. The summed E-state index contributed by atoms with van der Waals surface area (Å²) in [6.45, 7) is 11.5. The van der Waals surface area contributed by atoms with Gasteiger partial charge in [-0.1, -0.05) is 31.5 Å². The molecule has 1 aliphatic heterocycles. The molecule has 1 aromatic heterocycles. The average Bonchev–Trinajstić information content (AvgIpc) is 3.56. The van der Waals surface area contributed by atoms with Crippen LogP contribution < -0.4 is 14.8 Å². The third-order valence-electron chi connectivity index (χ3n) is 7.59. The Morgan fingerprint density at radius 2 is 1.72 bits per heavy atom. The van der Waals surface area contributed by atoms with Crippen molar-refractivity contribution in [3.05, 3.63) is 87.3 Å². The lowest BCUT2D eigenvalue weighted by molar-refractivity contribution is 0.103. The molecule has 7 nitrogen and oxygen atoms in total. The first-order valence-corrected chi connectivity index (χ1v) is 17.5. The molecule has 2 N–H and O–H groups in total. The van der Waals surface area contributed by atoms with Crippen LogP contribution in [-0.2, 0) is 22.0 Å². The Morgan fingerprint density at radius 3 is 2.42 bits per heavy atom. The Kier molecular flexibility index (Phi) is 9.09. The van der Waals surface area contributed by atoms with E-state index in [2.05, 4.69) is 47.0 Å². The minimum atomic E-state index is -3.40. The monoisotopic (exact) mass is 639 g/mol. The van der Waals surface area contributed by atoms with Crippen LogP contribution in [0.15, 0.2) is 60.7 Å². The van der Waals surface area contributed by atoms with Gasteiger partial charge < -0.3 is 10.1 Å². The van der Waals surface area contributed by atoms with Crippen LogP contribution >= 0.6 is 22.9 Å². The molecular formula is C33H38ClN3O4S2. The number of ether oxygens (including phenoxy) is 1. The molecule has 3 aromatic carbocycles. The van der Waals surface area contributed by atoms with Gasteiger partial charge in [0.25, 0.3) is 5.91 Å². The largest absolute Gasteiger partial charge is 0.491 e. The number of sulfonamides is 1. The third-order valence-corrected chi connectivity index (χ3v) is 9.52. The smallest absolute Gasteiger partial charge is 0.265 e. The number of hydrogen-bond donors (Lipinski definition) is 2. The number of anilines is 2. The number of nitrogens with zero attached hydrogens (tertiary/aromatic N) is 1. The molecule has 2 heterocycles. The van der Waals surface area contributed by atoms with Gasteiger partial charge >= 0.3 is 0 Å². The number of amides is 1. The molecule has 0 saturated carbocycles. The SMILES string of the molecule is CC(C)Oc1cc(CN2CCCC2)cc(C(C)(C)c2cc(Cl)cc(NC(=O)c3cc4cc(NS(C)(=O)=O)ccc4s3)c2)c1. The molecule has 4 aromatic rings. The first-order valence-electron chi connectivity index (χ1n) is 14.4. The minimum absolute atomic E-state index is 0.0578. The lowest BCUT2D eigenvalue weighted by Gasteiger charge is -2.29. The van der Waals surface area contributed by atoms with Crippen LogP contribution in [0.5, 0.6) is 5.75 Å². The lowest BCUT2D eigenvalue weighted by atomic mass is 9.77. The quantitative estimate of drug-likeness (QED) is 0.184. The van der Waals surface area contributed by atoms with E-state index in [4.69, 9.17) is 16.3 Å². The fourth-order valence-electron chi connectivity index (χ4n) is 5.47. The third kappa shape index (κ3) is 7.89. The van der Waals surface area contributed by atoms with E-state index in [1.165, 1.54) is 29.7 Å². The number of thiophene rings is 1. The summed E-state index contributed by atoms with van der Waals surface area (Å²) in [4.78, 5) is 16.3. The summed E-state index contributed by atoms with van der Waals surface area (Å²) in [6.07, 6.45) is 3.64. The molecule has 1 saturated heterocycles. The average molecular weight is 640 g/mol. The summed E-state index contributed by atoms with van der Waals surface area (Å²) < 4.78 is 32.8. The van der Waals surface area contributed by atoms with Gasteiger partial charge in [0.1, 0.15) is 5.75 Å². The van der Waals surface area contributed by atoms with Crippen molar-refractivity contribution in [2.45, 2.75) is 58.6 Å². The topological polar surface area (TPSA) is 87.7 Å². The maximum absolute atomic E-state index is 13.3. The van der Waals surface area contributed by atoms with E-state index in [1.54, 1.807) is 30.3 Å². The molecule has 1 amide bonds. The van der Waals surface area contributed by atoms with Crippen LogP contribution in [0.25, 0.3) is 10.1 Å². The molecule has 1 fully saturated rings. The van der Waals surface area contributed by atoms with Gasteiger partial charge in [-0.3, -0.25) is 14.4 Å². The first-order chi connectivity index (χ1) is 20.2. The Morgan fingerprint density at radius 1 is 1.00 bits per heavy atom. The number of rotatable bonds is 10. The van der Waals surface area contributed by atoms with Crippen LogP contribution in [0.4, 0.5) is 11.4 Å². The maximum Gasteiger partial charge on any atom is 0.265 e. The molecule has 0 bridgehead atoms. The van der Waals surface area contributed by atoms with Crippen LogP contribution in [0, 0.1) is 0 Å². The number of halogens is 1. The number of hydrogen-bond acceptors (Lipinski definition) is 6. The van der Waals surface area contributed by atoms with Crippen LogP contribution in [0.1, 0.15) is 66.9 Å². The van der Waals surface area contributed by atoms with Crippen LogP contribution in [0.3, 0.4) is 0 Å². The van der Waals surface area contributed by atoms with Gasteiger partial charge in [0.15, 0.2) is 0 Å². The van der Waals surface area contributed by atoms with Gasteiger partial charge in [-0.2, -0.15) is 0 Å². The number of fused-ring (bicyclic) bond motifs is 1. The van der Waals surface area contributed by atoms with Crippen molar-refractivity contribution >= 4 is 60.3 Å². The maximum atomic E-state index is 13.3. The molecular weight excluding hydrogens is 602 g/mol. The molecule has 5 rings (SSSR count). The van der Waals surface area contributed by atoms with Crippen molar-refractivity contribution in [2.75, 3.05) is 29.4 Å². The lowest BCUT2D eigenvalue weighted by Crippen LogP contribution is -2.22. The van der Waals surface area contributed by atoms with E-state index < -0.39 is 15.4 Å². The number of benzene rings is 3. The van der Waals surface area contributed by atoms with E-state index in [9.17, 15) is 13.2 Å². The zero-order valence-electron chi connectivity index (χ0n) is 25.2. The predicted octanol–water partition coefficient (Wildman–Crippen LogP) is 7.89. The van der Waals surface area contributed by atoms with Crippen molar-refractivity contribution in [2.24, 2.45) is 0 Å². The van der Waals surface area contributed by atoms with Gasteiger partial charge in [-0.25, -0.2) is 8.42 Å². The van der Waals surface area contributed by atoms with E-state index in [0.29, 0.717) is 21.3 Å². The Bertz CT molecular complexity index is 1760. The highest BCUT2D eigenvalue weighted by molar-refractivity contribution is 7.92. The summed E-state index contributed by atoms with van der Waals surface area (Å²) in [5, 5.41) is 4.33. The second-order valence-electron chi connectivity index (χ2n) is 12.1. The predicted molar refractivity (Wildman–Crippen MR) is 179 cm³/mol. The van der Waals surface area contributed by atoms with Gasteiger partial charge in [-0.15, -0.1) is 11.3 Å². The van der Waals surface area contributed by atoms with E-state index >= 15 is 0 Å². The normalized spacial score (nSPS) is 14.4. The molecule has 1 aliphatic rings. The highest BCUT2D eigenvalue weighted by atomic mass is 35.5. The summed E-state index contributed by atoms with van der Waals surface area (Å²) in [7, 11) is -3.40. The van der Waals surface area contributed by atoms with Crippen molar-refractivity contribution in [3.63, 3.8) is 0 Å². The van der Waals surface area contributed by atoms with Crippen molar-refractivity contribution < 1.29 is 17.9 Å². The Labute approximate surface area is 263 Å². The fraction of sp³-hybridized carbons (Fsp3) is 0.364. The van der Waals surface area contributed by atoms with Gasteiger partial charge in [0.05, 0.1) is 17.2 Å². The second kappa shape index (κ2) is 12.5. The molecule has 228 valence electrons. The van der Waals surface area contributed by atoms with Gasteiger partial charge in [-0.05, 0) is 116 Å². The van der Waals surface area contributed by atoms with Crippen LogP contribution in [0.2, 0.25) is 5.02 Å². The summed E-state index contributed by atoms with van der Waals surface area (Å²) in [5.74, 6) is 0.593. The summed E-state index contributed by atoms with van der Waals surface area (Å²) in [6, 6.07) is 19.2. The second-order valence-corrected chi connectivity index (χ2v) is 15.3. The molecule has 43 heavy (non-hydrogen) atoms. The zero-order chi connectivity index (χ0) is 30.9. The fourth-order valence-corrected chi connectivity index (χ4v) is 7.20. The van der Waals surface area contributed by atoms with Gasteiger partial charge in [0, 0.05) is 33.1 Å². The molecule has 10 heteroatoms. The highest BCUT2D eigenvalue weighted by Crippen LogP contribution is 2.38. The Hall–Kier alpha value is -3.11. The van der Waals surface area contributed by atoms with Crippen LogP contribution in [-0.4, -0.2) is 44.7 Å². The number of nitrogens with one attached hydrogen (secondary N) is 2. The molecule has 0 aliphatic carbocycles. The molecule has 0 spiro atoms. The van der Waals surface area contributed by atoms with E-state index in [1.807, 2.05) is 26.0 Å². The Balaban J connectivity index is 1.41. The molecule has 0 atom stereocenters. The highest BCUT2D eigenvalue weighted by Gasteiger charge is 2.27. The van der Waals surface area contributed by atoms with Gasteiger partial charge in [0.2, 0.25) is 10.0 Å². The summed E-state index contributed by atoms with van der Waals surface area (Å²) >= 11 is 7.96. The van der Waals surface area contributed by atoms with Crippen molar-refractivity contribution in [3.8, 4) is 5.75 Å². The van der Waals surface area contributed by atoms with E-state index in [-0.39, 0.29) is 12.0 Å². The minimum Gasteiger partial charge on any atom is -0.491 e. The summed E-state index contributed by atoms with van der Waals surface area (Å²) in [5.41, 5.74) is 3.93. The molecule has 0 unspecified atom stereocenters.